The molecule has 0 aromatic heterocycles. The summed E-state index contributed by atoms with van der Waals surface area (Å²) in [6.45, 7) is 3.10. The molecular weight excluding hydrogens is 168 g/mol. The molecule has 1 N–H and O–H groups in total. The zero-order valence-corrected chi connectivity index (χ0v) is 7.75. The molecule has 1 aliphatic rings. The lowest BCUT2D eigenvalue weighted by Gasteiger charge is -2.09. The van der Waals surface area contributed by atoms with Crippen molar-refractivity contribution in [3.05, 3.63) is 0 Å². The lowest BCUT2D eigenvalue weighted by molar-refractivity contribution is -0.122. The van der Waals surface area contributed by atoms with Crippen LogP contribution in [0.3, 0.4) is 0 Å². The van der Waals surface area contributed by atoms with E-state index in [-0.39, 0.29) is 5.91 Å². The molecule has 1 rings (SSSR count). The number of hydrogen-bond acceptors (Lipinski definition) is 3. The zero-order chi connectivity index (χ0) is 9.68. The first-order valence-electron chi connectivity index (χ1n) is 4.49. The summed E-state index contributed by atoms with van der Waals surface area (Å²) in [7, 11) is 0. The Morgan fingerprint density at radius 2 is 2.62 bits per heavy atom. The first kappa shape index (κ1) is 10.0. The van der Waals surface area contributed by atoms with Crippen molar-refractivity contribution < 1.29 is 9.53 Å². The standard InChI is InChI=1S/C9H14N2O2/c1-7(5-10)11-9(12)4-8-2-3-13-6-8/h7-8H,2-4,6H2,1H3,(H,11,12)/t7?,8-/m1/s1. The maximum absolute atomic E-state index is 11.3. The van der Waals surface area contributed by atoms with Crippen LogP contribution in [0.4, 0.5) is 0 Å². The van der Waals surface area contributed by atoms with Crippen molar-refractivity contribution in [2.75, 3.05) is 13.2 Å². The Balaban J connectivity index is 2.21. The fourth-order valence-electron chi connectivity index (χ4n) is 1.34. The molecule has 0 aromatic rings. The summed E-state index contributed by atoms with van der Waals surface area (Å²) in [4.78, 5) is 11.3. The normalized spacial score (nSPS) is 23.5. The Morgan fingerprint density at radius 3 is 3.15 bits per heavy atom. The molecule has 72 valence electrons. The second-order valence-corrected chi connectivity index (χ2v) is 3.35. The van der Waals surface area contributed by atoms with Crippen LogP contribution in [0, 0.1) is 17.2 Å². The van der Waals surface area contributed by atoms with Crippen LogP contribution < -0.4 is 5.32 Å². The van der Waals surface area contributed by atoms with E-state index < -0.39 is 6.04 Å². The summed E-state index contributed by atoms with van der Waals surface area (Å²) in [5.41, 5.74) is 0. The smallest absolute Gasteiger partial charge is 0.221 e. The highest BCUT2D eigenvalue weighted by Gasteiger charge is 2.19. The third kappa shape index (κ3) is 3.43. The van der Waals surface area contributed by atoms with E-state index in [1.54, 1.807) is 6.92 Å². The monoisotopic (exact) mass is 182 g/mol. The first-order chi connectivity index (χ1) is 6.22. The van der Waals surface area contributed by atoms with Gasteiger partial charge in [-0.25, -0.2) is 0 Å². The second kappa shape index (κ2) is 4.83. The second-order valence-electron chi connectivity index (χ2n) is 3.35. The summed E-state index contributed by atoms with van der Waals surface area (Å²) < 4.78 is 5.14. The van der Waals surface area contributed by atoms with Gasteiger partial charge in [-0.05, 0) is 19.3 Å². The van der Waals surface area contributed by atoms with Gasteiger partial charge in [-0.2, -0.15) is 5.26 Å². The average Bonchev–Trinajstić information content (AvgIpc) is 2.56. The summed E-state index contributed by atoms with van der Waals surface area (Å²) in [5.74, 6) is 0.287. The molecule has 4 nitrogen and oxygen atoms in total. The van der Waals surface area contributed by atoms with E-state index in [1.165, 1.54) is 0 Å². The molecule has 0 saturated carbocycles. The third-order valence-corrected chi connectivity index (χ3v) is 2.07. The summed E-state index contributed by atoms with van der Waals surface area (Å²) in [6.07, 6.45) is 1.43. The fourth-order valence-corrected chi connectivity index (χ4v) is 1.34. The molecular formula is C9H14N2O2. The van der Waals surface area contributed by atoms with Gasteiger partial charge in [0.1, 0.15) is 6.04 Å². The zero-order valence-electron chi connectivity index (χ0n) is 7.75. The molecule has 0 spiro atoms. The van der Waals surface area contributed by atoms with E-state index >= 15 is 0 Å². The minimum Gasteiger partial charge on any atom is -0.381 e. The van der Waals surface area contributed by atoms with Gasteiger partial charge >= 0.3 is 0 Å². The van der Waals surface area contributed by atoms with E-state index in [0.717, 1.165) is 13.0 Å². The van der Waals surface area contributed by atoms with Crippen molar-refractivity contribution >= 4 is 5.91 Å². The van der Waals surface area contributed by atoms with E-state index in [4.69, 9.17) is 10.00 Å². The molecule has 1 heterocycles. The van der Waals surface area contributed by atoms with Gasteiger partial charge in [0.2, 0.25) is 5.91 Å². The van der Waals surface area contributed by atoms with Crippen molar-refractivity contribution in [2.24, 2.45) is 5.92 Å². The summed E-state index contributed by atoms with van der Waals surface area (Å²) in [6, 6.07) is 1.56. The van der Waals surface area contributed by atoms with E-state index in [9.17, 15) is 4.79 Å². The number of amides is 1. The molecule has 0 bridgehead atoms. The molecule has 1 aliphatic heterocycles. The Hall–Kier alpha value is -1.08. The van der Waals surface area contributed by atoms with Crippen LogP contribution in [0.5, 0.6) is 0 Å². The molecule has 2 atom stereocenters. The van der Waals surface area contributed by atoms with Gasteiger partial charge in [0, 0.05) is 19.6 Å². The maximum atomic E-state index is 11.3. The number of nitrogens with one attached hydrogen (secondary N) is 1. The van der Waals surface area contributed by atoms with Gasteiger partial charge in [-0.1, -0.05) is 0 Å². The number of ether oxygens (including phenoxy) is 1. The van der Waals surface area contributed by atoms with E-state index in [0.29, 0.717) is 18.9 Å². The van der Waals surface area contributed by atoms with Crippen LogP contribution >= 0.6 is 0 Å². The molecule has 0 aromatic carbocycles. The predicted molar refractivity (Wildman–Crippen MR) is 46.8 cm³/mol. The van der Waals surface area contributed by atoms with Crippen LogP contribution in [-0.4, -0.2) is 25.2 Å². The van der Waals surface area contributed by atoms with E-state index in [1.807, 2.05) is 6.07 Å². The van der Waals surface area contributed by atoms with Gasteiger partial charge < -0.3 is 10.1 Å². The molecule has 0 aliphatic carbocycles. The highest BCUT2D eigenvalue weighted by atomic mass is 16.5. The maximum Gasteiger partial charge on any atom is 0.221 e. The number of rotatable bonds is 3. The quantitative estimate of drug-likeness (QED) is 0.689. The largest absolute Gasteiger partial charge is 0.381 e. The number of carbonyl (C=O) groups excluding carboxylic acids is 1. The molecule has 1 saturated heterocycles. The Kier molecular flexibility index (Phi) is 3.71. The summed E-state index contributed by atoms with van der Waals surface area (Å²) in [5, 5.41) is 11.1. The lowest BCUT2D eigenvalue weighted by Crippen LogP contribution is -2.32. The number of nitrogens with zero attached hydrogens (tertiary/aromatic N) is 1. The Labute approximate surface area is 77.9 Å². The number of nitriles is 1. The molecule has 1 fully saturated rings. The SMILES string of the molecule is CC(C#N)NC(=O)C[C@H]1CCOC1. The van der Waals surface area contributed by atoms with Crippen LogP contribution in [0.15, 0.2) is 0 Å². The van der Waals surface area contributed by atoms with Gasteiger partial charge in [-0.15, -0.1) is 0 Å². The highest BCUT2D eigenvalue weighted by Crippen LogP contribution is 2.15. The minimum absolute atomic E-state index is 0.0513. The van der Waals surface area contributed by atoms with Crippen LogP contribution in [0.1, 0.15) is 19.8 Å². The third-order valence-electron chi connectivity index (χ3n) is 2.07. The molecule has 1 amide bonds. The molecule has 4 heteroatoms. The lowest BCUT2D eigenvalue weighted by atomic mass is 10.0. The van der Waals surface area contributed by atoms with Crippen LogP contribution in [0.2, 0.25) is 0 Å². The summed E-state index contributed by atoms with van der Waals surface area (Å²) >= 11 is 0. The van der Waals surface area contributed by atoms with Crippen LogP contribution in [0.25, 0.3) is 0 Å². The highest BCUT2D eigenvalue weighted by molar-refractivity contribution is 5.76. The average molecular weight is 182 g/mol. The van der Waals surface area contributed by atoms with Crippen molar-refractivity contribution in [1.29, 1.82) is 5.26 Å². The van der Waals surface area contributed by atoms with Gasteiger partial charge in [0.25, 0.3) is 0 Å². The van der Waals surface area contributed by atoms with Crippen LogP contribution in [-0.2, 0) is 9.53 Å². The van der Waals surface area contributed by atoms with Crippen molar-refractivity contribution in [3.63, 3.8) is 0 Å². The molecule has 1 unspecified atom stereocenters. The fraction of sp³-hybridized carbons (Fsp3) is 0.778. The topological polar surface area (TPSA) is 62.1 Å². The first-order valence-corrected chi connectivity index (χ1v) is 4.49. The number of carbonyl (C=O) groups is 1. The Morgan fingerprint density at radius 1 is 1.85 bits per heavy atom. The Bertz CT molecular complexity index is 216. The minimum atomic E-state index is -0.394. The predicted octanol–water partition coefficient (Wildman–Crippen LogP) is 0.441. The van der Waals surface area contributed by atoms with E-state index in [2.05, 4.69) is 5.32 Å². The van der Waals surface area contributed by atoms with Gasteiger partial charge in [0.05, 0.1) is 6.07 Å². The number of hydrogen-bond donors (Lipinski definition) is 1. The van der Waals surface area contributed by atoms with Crippen molar-refractivity contribution in [2.45, 2.75) is 25.8 Å². The van der Waals surface area contributed by atoms with Gasteiger partial charge in [0.15, 0.2) is 0 Å². The van der Waals surface area contributed by atoms with Crippen molar-refractivity contribution in [3.8, 4) is 6.07 Å². The van der Waals surface area contributed by atoms with Crippen molar-refractivity contribution in [1.82, 2.24) is 5.32 Å². The van der Waals surface area contributed by atoms with Gasteiger partial charge in [-0.3, -0.25) is 4.79 Å². The molecule has 0 radical (unpaired) electrons. The molecule has 13 heavy (non-hydrogen) atoms.